The van der Waals surface area contributed by atoms with Crippen molar-refractivity contribution in [3.8, 4) is 17.1 Å². The number of nitrogens with zero attached hydrogens (tertiary/aromatic N) is 4. The number of hydrogen-bond donors (Lipinski definition) is 1. The summed E-state index contributed by atoms with van der Waals surface area (Å²) in [7, 11) is 0. The summed E-state index contributed by atoms with van der Waals surface area (Å²) in [5.41, 5.74) is 5.43. The van der Waals surface area contributed by atoms with Crippen molar-refractivity contribution >= 4 is 11.9 Å². The van der Waals surface area contributed by atoms with E-state index < -0.39 is 23.7 Å². The van der Waals surface area contributed by atoms with Crippen molar-refractivity contribution in [2.24, 2.45) is 16.6 Å². The number of guanidine groups is 1. The Balaban J connectivity index is 1.23. The zero-order valence-corrected chi connectivity index (χ0v) is 23.6. The Morgan fingerprint density at radius 2 is 1.88 bits per heavy atom. The number of aromatic nitrogens is 2. The number of carbonyl (C=O) groups excluding carboxylic acids is 1. The molecule has 3 heterocycles. The van der Waals surface area contributed by atoms with Gasteiger partial charge in [0.05, 0.1) is 18.3 Å². The minimum absolute atomic E-state index is 0.00640. The number of likely N-dealkylation sites (tertiary alicyclic amines) is 1. The Morgan fingerprint density at radius 1 is 1.10 bits per heavy atom. The van der Waals surface area contributed by atoms with E-state index in [2.05, 4.69) is 15.1 Å². The highest BCUT2D eigenvalue weighted by Gasteiger charge is 2.36. The summed E-state index contributed by atoms with van der Waals surface area (Å²) in [6.45, 7) is 1.76. The van der Waals surface area contributed by atoms with Crippen molar-refractivity contribution in [1.29, 1.82) is 0 Å². The van der Waals surface area contributed by atoms with E-state index in [-0.39, 0.29) is 48.3 Å². The maximum absolute atomic E-state index is 14.0. The summed E-state index contributed by atoms with van der Waals surface area (Å²) in [5.74, 6) is 0.00839. The number of rotatable bonds is 9. The number of amides is 1. The van der Waals surface area contributed by atoms with Crippen LogP contribution in [0, 0.1) is 5.92 Å². The van der Waals surface area contributed by atoms with E-state index in [4.69, 9.17) is 24.5 Å². The van der Waals surface area contributed by atoms with Crippen LogP contribution in [-0.4, -0.2) is 66.0 Å². The normalized spacial score (nSPS) is 21.2. The fraction of sp³-hybridized carbons (Fsp3) is 0.655. The average Bonchev–Trinajstić information content (AvgIpc) is 3.67. The molecule has 1 aromatic heterocycles. The maximum atomic E-state index is 14.0. The van der Waals surface area contributed by atoms with Gasteiger partial charge >= 0.3 is 6.18 Å². The van der Waals surface area contributed by atoms with E-state index in [1.165, 1.54) is 31.4 Å². The van der Waals surface area contributed by atoms with E-state index in [1.54, 1.807) is 4.90 Å². The minimum Gasteiger partial charge on any atom is -0.493 e. The van der Waals surface area contributed by atoms with E-state index in [0.717, 1.165) is 44.6 Å². The number of nitrogens with two attached hydrogens (primary N) is 1. The van der Waals surface area contributed by atoms with Crippen molar-refractivity contribution < 1.29 is 36.7 Å². The molecule has 0 bridgehead atoms. The van der Waals surface area contributed by atoms with Gasteiger partial charge in [0.2, 0.25) is 11.7 Å². The molecule has 0 unspecified atom stereocenters. The Hall–Kier alpha value is -3.19. The molecule has 0 spiro atoms. The number of halogens is 3. The molecule has 1 aromatic carbocycles. The van der Waals surface area contributed by atoms with Crippen LogP contribution in [0.5, 0.6) is 5.75 Å². The second-order valence-electron chi connectivity index (χ2n) is 11.1. The van der Waals surface area contributed by atoms with Gasteiger partial charge in [0.25, 0.3) is 5.91 Å². The highest BCUT2D eigenvalue weighted by Crippen LogP contribution is 2.39. The molecule has 1 saturated carbocycles. The quantitative estimate of drug-likeness (QED) is 0.305. The molecule has 5 rings (SSSR count). The number of hydrogen-bond acceptors (Lipinski definition) is 7. The van der Waals surface area contributed by atoms with Crippen molar-refractivity contribution in [2.45, 2.75) is 82.5 Å². The monoisotopic (exact) mass is 593 g/mol. The predicted octanol–water partition coefficient (Wildman–Crippen LogP) is 5.28. The lowest BCUT2D eigenvalue weighted by molar-refractivity contribution is -0.139. The summed E-state index contributed by atoms with van der Waals surface area (Å²) < 4.78 is 63.9. The minimum atomic E-state index is -4.61. The molecule has 13 heteroatoms. The van der Waals surface area contributed by atoms with Gasteiger partial charge in [0.15, 0.2) is 5.96 Å². The van der Waals surface area contributed by atoms with Gasteiger partial charge in [0, 0.05) is 25.3 Å². The highest BCUT2D eigenvalue weighted by molar-refractivity contribution is 5.93. The van der Waals surface area contributed by atoms with Crippen LogP contribution in [0.3, 0.4) is 0 Å². The van der Waals surface area contributed by atoms with Gasteiger partial charge in [-0.3, -0.25) is 4.79 Å². The predicted molar refractivity (Wildman–Crippen MR) is 147 cm³/mol. The molecule has 42 heavy (non-hydrogen) atoms. The van der Waals surface area contributed by atoms with Gasteiger partial charge in [-0.05, 0) is 56.2 Å². The molecule has 230 valence electrons. The van der Waals surface area contributed by atoms with E-state index >= 15 is 0 Å². The molecular weight excluding hydrogens is 555 g/mol. The van der Waals surface area contributed by atoms with Crippen molar-refractivity contribution in [1.82, 2.24) is 15.0 Å². The van der Waals surface area contributed by atoms with Crippen LogP contribution in [0.4, 0.5) is 13.2 Å². The molecule has 2 N–H and O–H groups in total. The Labute approximate surface area is 242 Å². The summed E-state index contributed by atoms with van der Waals surface area (Å²) in [6.07, 6.45) is 4.63. The second-order valence-corrected chi connectivity index (χ2v) is 11.1. The highest BCUT2D eigenvalue weighted by atomic mass is 19.4. The number of ether oxygens (including phenoxy) is 3. The number of alkyl halides is 3. The van der Waals surface area contributed by atoms with Crippen molar-refractivity contribution in [3.63, 3.8) is 0 Å². The molecule has 0 radical (unpaired) electrons. The molecule has 2 saturated heterocycles. The molecule has 3 aliphatic rings. The molecule has 3 fully saturated rings. The topological polar surface area (TPSA) is 125 Å². The first-order chi connectivity index (χ1) is 20.3. The molecule has 2 aromatic rings. The number of carbonyl (C=O) groups is 1. The standard InChI is InChI=1S/C29H38F3N5O5/c30-29(31,32)22-17-20(8-9-24(22)40-16-10-19-5-2-1-3-6-19)26-35-27(42-36-26)23-7-4-13-37(23)28(33)34-25(38)18-41-21-11-14-39-15-12-21/h8-9,17,19,21,23H,1-7,10-16,18H2,(H2,33,34,38)/t23-/m0/s1. The van der Waals surface area contributed by atoms with E-state index in [0.29, 0.717) is 32.1 Å². The van der Waals surface area contributed by atoms with E-state index in [1.807, 2.05) is 0 Å². The van der Waals surface area contributed by atoms with Gasteiger partial charge in [-0.25, -0.2) is 0 Å². The molecule has 2 aliphatic heterocycles. The summed E-state index contributed by atoms with van der Waals surface area (Å²) in [4.78, 5) is 22.4. The van der Waals surface area contributed by atoms with Crippen LogP contribution in [-0.2, 0) is 20.4 Å². The largest absolute Gasteiger partial charge is 0.493 e. The Bertz CT molecular complexity index is 1220. The Kier molecular flexibility index (Phi) is 9.99. The number of benzene rings is 1. The molecule has 1 atom stereocenters. The molecule has 1 aliphatic carbocycles. The van der Waals surface area contributed by atoms with Crippen LogP contribution in [0.25, 0.3) is 11.4 Å². The Morgan fingerprint density at radius 3 is 2.64 bits per heavy atom. The first-order valence-corrected chi connectivity index (χ1v) is 14.8. The lowest BCUT2D eigenvalue weighted by Gasteiger charge is -2.23. The fourth-order valence-corrected chi connectivity index (χ4v) is 5.87. The van der Waals surface area contributed by atoms with Gasteiger partial charge in [-0.15, -0.1) is 0 Å². The third-order valence-electron chi connectivity index (χ3n) is 8.18. The zero-order valence-electron chi connectivity index (χ0n) is 23.6. The van der Waals surface area contributed by atoms with Crippen LogP contribution in [0.15, 0.2) is 27.7 Å². The lowest BCUT2D eigenvalue weighted by Crippen LogP contribution is -2.38. The van der Waals surface area contributed by atoms with Crippen molar-refractivity contribution in [2.75, 3.05) is 33.0 Å². The smallest absolute Gasteiger partial charge is 0.419 e. The summed E-state index contributed by atoms with van der Waals surface area (Å²) >= 11 is 0. The SMILES string of the molecule is NC(=NC(=O)COC1CCOCC1)N1CCC[C@H]1c1nc(-c2ccc(OCCC3CCCCC3)c(C(F)(F)F)c2)no1. The van der Waals surface area contributed by atoms with Gasteiger partial charge in [-0.1, -0.05) is 37.3 Å². The van der Waals surface area contributed by atoms with E-state index in [9.17, 15) is 18.0 Å². The molecule has 1 amide bonds. The van der Waals surface area contributed by atoms with Gasteiger partial charge in [-0.2, -0.15) is 23.1 Å². The first kappa shape index (κ1) is 30.3. The van der Waals surface area contributed by atoms with Gasteiger partial charge < -0.3 is 29.4 Å². The second kappa shape index (κ2) is 13.9. The van der Waals surface area contributed by atoms with Crippen LogP contribution < -0.4 is 10.5 Å². The van der Waals surface area contributed by atoms with Crippen LogP contribution >= 0.6 is 0 Å². The molecular formula is C29H38F3N5O5. The zero-order chi connectivity index (χ0) is 29.5. The molecule has 10 nitrogen and oxygen atoms in total. The third-order valence-corrected chi connectivity index (χ3v) is 8.18. The average molecular weight is 594 g/mol. The van der Waals surface area contributed by atoms with Crippen LogP contribution in [0.2, 0.25) is 0 Å². The van der Waals surface area contributed by atoms with Crippen LogP contribution in [0.1, 0.15) is 81.7 Å². The lowest BCUT2D eigenvalue weighted by atomic mass is 9.87. The third kappa shape index (κ3) is 7.80. The maximum Gasteiger partial charge on any atom is 0.419 e. The summed E-state index contributed by atoms with van der Waals surface area (Å²) in [6, 6.07) is 3.35. The number of aliphatic imine (C=N–C) groups is 1. The fourth-order valence-electron chi connectivity index (χ4n) is 5.87. The van der Waals surface area contributed by atoms with Crippen molar-refractivity contribution in [3.05, 3.63) is 29.7 Å². The first-order valence-electron chi connectivity index (χ1n) is 14.8. The van der Waals surface area contributed by atoms with Gasteiger partial charge in [0.1, 0.15) is 18.4 Å². The summed E-state index contributed by atoms with van der Waals surface area (Å²) in [5, 5.41) is 3.94.